The van der Waals surface area contributed by atoms with Gasteiger partial charge in [0.1, 0.15) is 0 Å². The molecule has 0 heterocycles. The zero-order valence-electron chi connectivity index (χ0n) is 10.0. The third-order valence-electron chi connectivity index (χ3n) is 8.45. The van der Waals surface area contributed by atoms with Crippen molar-refractivity contribution < 1.29 is 0 Å². The minimum absolute atomic E-state index is 1.23. The fourth-order valence-corrected chi connectivity index (χ4v) is 8.74. The Labute approximate surface area is 98.2 Å². The maximum Gasteiger partial charge on any atom is -0.0313 e. The second-order valence-corrected chi connectivity index (χ2v) is 8.02. The van der Waals surface area contributed by atoms with Gasteiger partial charge in [-0.3, -0.25) is 0 Å². The SMILES string of the molecule is C1C[C@H]2C3C4C5[C@H](CC[C@@H]5[C@@H]5CC[C@H]2C45)[C@H]13. The minimum atomic E-state index is 1.23. The van der Waals surface area contributed by atoms with Crippen LogP contribution in [0.5, 0.6) is 0 Å². The molecule has 0 heteroatoms. The molecular weight excluding hydrogens is 192 g/mol. The molecule has 2 unspecified atom stereocenters. The van der Waals surface area contributed by atoms with Crippen LogP contribution in [0.15, 0.2) is 0 Å². The van der Waals surface area contributed by atoms with Crippen LogP contribution < -0.4 is 0 Å². The fraction of sp³-hybridized carbons (Fsp3) is 1.00. The molecule has 0 aliphatic heterocycles. The fourth-order valence-electron chi connectivity index (χ4n) is 8.74. The van der Waals surface area contributed by atoms with Gasteiger partial charge in [-0.15, -0.1) is 0 Å². The number of fused-ring (bicyclic) bond motifs is 3. The summed E-state index contributed by atoms with van der Waals surface area (Å²) in [7, 11) is 0. The molecule has 6 fully saturated rings. The molecule has 86 valence electrons. The Morgan fingerprint density at radius 2 is 0.562 bits per heavy atom. The lowest BCUT2D eigenvalue weighted by molar-refractivity contribution is 0.284. The van der Waals surface area contributed by atoms with Gasteiger partial charge in [-0.25, -0.2) is 0 Å². The van der Waals surface area contributed by atoms with Crippen molar-refractivity contribution in [1.29, 1.82) is 0 Å². The van der Waals surface area contributed by atoms with Gasteiger partial charge in [0, 0.05) is 0 Å². The van der Waals surface area contributed by atoms with Crippen LogP contribution in [0, 0.1) is 59.2 Å². The van der Waals surface area contributed by atoms with Crippen LogP contribution in [0.2, 0.25) is 0 Å². The van der Waals surface area contributed by atoms with Crippen molar-refractivity contribution in [2.24, 2.45) is 59.2 Å². The van der Waals surface area contributed by atoms with E-state index in [2.05, 4.69) is 0 Å². The standard InChI is InChI=1S/C16H22/c1-2-8-10-5-6-12-11-4-3-9-7(1)13(8)16(14(9)11)15(10)12/h7-16H,1-6H2/t7-,8-,9+,10+,11-,12-,13?,14?,15?,16?/m1/s1. The second-order valence-electron chi connectivity index (χ2n) is 8.02. The van der Waals surface area contributed by atoms with Crippen molar-refractivity contribution in [3.8, 4) is 0 Å². The Balaban J connectivity index is 1.62. The molecule has 6 aliphatic rings. The summed E-state index contributed by atoms with van der Waals surface area (Å²) in [6.45, 7) is 0. The van der Waals surface area contributed by atoms with Crippen molar-refractivity contribution in [3.63, 3.8) is 0 Å². The zero-order valence-corrected chi connectivity index (χ0v) is 10.0. The predicted octanol–water partition coefficient (Wildman–Crippen LogP) is 3.57. The van der Waals surface area contributed by atoms with E-state index in [1.54, 1.807) is 38.5 Å². The first-order valence-corrected chi connectivity index (χ1v) is 7.95. The molecule has 16 heavy (non-hydrogen) atoms. The van der Waals surface area contributed by atoms with Gasteiger partial charge in [-0.1, -0.05) is 0 Å². The second kappa shape index (κ2) is 2.27. The maximum atomic E-state index is 1.65. The average Bonchev–Trinajstić information content (AvgIpc) is 2.97. The highest BCUT2D eigenvalue weighted by atomic mass is 14.8. The molecule has 0 aromatic rings. The molecule has 0 spiro atoms. The summed E-state index contributed by atoms with van der Waals surface area (Å²) in [5.74, 6) is 12.5. The van der Waals surface area contributed by atoms with Gasteiger partial charge in [0.05, 0.1) is 0 Å². The highest BCUT2D eigenvalue weighted by Crippen LogP contribution is 2.79. The average molecular weight is 214 g/mol. The van der Waals surface area contributed by atoms with Gasteiger partial charge in [-0.05, 0) is 97.7 Å². The van der Waals surface area contributed by atoms with E-state index in [-0.39, 0.29) is 0 Å². The van der Waals surface area contributed by atoms with Gasteiger partial charge in [0.2, 0.25) is 0 Å². The van der Waals surface area contributed by atoms with Crippen LogP contribution in [0.4, 0.5) is 0 Å². The van der Waals surface area contributed by atoms with Gasteiger partial charge in [0.15, 0.2) is 0 Å². The molecule has 0 amide bonds. The van der Waals surface area contributed by atoms with Crippen LogP contribution >= 0.6 is 0 Å². The molecule has 6 aliphatic carbocycles. The number of rotatable bonds is 0. The summed E-state index contributed by atoms with van der Waals surface area (Å²) in [4.78, 5) is 0. The van der Waals surface area contributed by atoms with Crippen LogP contribution in [0.1, 0.15) is 38.5 Å². The maximum absolute atomic E-state index is 1.65. The van der Waals surface area contributed by atoms with Crippen molar-refractivity contribution in [2.45, 2.75) is 38.5 Å². The Morgan fingerprint density at radius 3 is 0.812 bits per heavy atom. The Hall–Kier alpha value is 0. The monoisotopic (exact) mass is 214 g/mol. The molecular formula is C16H22. The quantitative estimate of drug-likeness (QED) is 0.578. The van der Waals surface area contributed by atoms with Gasteiger partial charge in [-0.2, -0.15) is 0 Å². The van der Waals surface area contributed by atoms with E-state index in [1.165, 1.54) is 59.2 Å². The van der Waals surface area contributed by atoms with E-state index in [9.17, 15) is 0 Å². The molecule has 6 saturated carbocycles. The normalized spacial score (nSPS) is 76.5. The number of hydrogen-bond acceptors (Lipinski definition) is 0. The third kappa shape index (κ3) is 0.596. The van der Waals surface area contributed by atoms with E-state index >= 15 is 0 Å². The molecule has 0 aromatic heterocycles. The van der Waals surface area contributed by atoms with E-state index in [1.807, 2.05) is 0 Å². The summed E-state index contributed by atoms with van der Waals surface area (Å²) < 4.78 is 0. The highest BCUT2D eigenvalue weighted by molar-refractivity contribution is 5.22. The smallest absolute Gasteiger partial charge is 0.0313 e. The highest BCUT2D eigenvalue weighted by Gasteiger charge is 2.74. The van der Waals surface area contributed by atoms with Crippen LogP contribution in [-0.4, -0.2) is 0 Å². The lowest BCUT2D eigenvalue weighted by Gasteiger charge is -2.19. The summed E-state index contributed by atoms with van der Waals surface area (Å²) >= 11 is 0. The number of hydrogen-bond donors (Lipinski definition) is 0. The minimum Gasteiger partial charge on any atom is -0.0496 e. The lowest BCUT2D eigenvalue weighted by atomic mass is 9.85. The van der Waals surface area contributed by atoms with Crippen molar-refractivity contribution in [3.05, 3.63) is 0 Å². The van der Waals surface area contributed by atoms with Gasteiger partial charge >= 0.3 is 0 Å². The largest absolute Gasteiger partial charge is 0.0496 e. The molecule has 0 saturated heterocycles. The zero-order chi connectivity index (χ0) is 10.0. The Bertz CT molecular complexity index is 285. The van der Waals surface area contributed by atoms with Crippen molar-refractivity contribution >= 4 is 0 Å². The van der Waals surface area contributed by atoms with E-state index in [0.717, 1.165) is 0 Å². The van der Waals surface area contributed by atoms with Crippen molar-refractivity contribution in [2.75, 3.05) is 0 Å². The molecule has 0 aromatic carbocycles. The Morgan fingerprint density at radius 1 is 0.312 bits per heavy atom. The first-order valence-electron chi connectivity index (χ1n) is 7.95. The van der Waals surface area contributed by atoms with E-state index < -0.39 is 0 Å². The molecule has 8 atom stereocenters. The van der Waals surface area contributed by atoms with Crippen LogP contribution in [-0.2, 0) is 0 Å². The van der Waals surface area contributed by atoms with Crippen molar-refractivity contribution in [1.82, 2.24) is 0 Å². The molecule has 0 nitrogen and oxygen atoms in total. The van der Waals surface area contributed by atoms with E-state index in [4.69, 9.17) is 0 Å². The lowest BCUT2D eigenvalue weighted by Crippen LogP contribution is -2.14. The molecule has 0 bridgehead atoms. The van der Waals surface area contributed by atoms with Gasteiger partial charge < -0.3 is 0 Å². The molecule has 6 rings (SSSR count). The Kier molecular flexibility index (Phi) is 1.16. The topological polar surface area (TPSA) is 0 Å². The van der Waals surface area contributed by atoms with Crippen LogP contribution in [0.3, 0.4) is 0 Å². The predicted molar refractivity (Wildman–Crippen MR) is 62.6 cm³/mol. The van der Waals surface area contributed by atoms with E-state index in [0.29, 0.717) is 0 Å². The summed E-state index contributed by atoms with van der Waals surface area (Å²) in [6, 6.07) is 0. The summed E-state index contributed by atoms with van der Waals surface area (Å²) in [5.41, 5.74) is 0. The summed E-state index contributed by atoms with van der Waals surface area (Å²) in [6.07, 6.45) is 9.88. The summed E-state index contributed by atoms with van der Waals surface area (Å²) in [5, 5.41) is 0. The van der Waals surface area contributed by atoms with Crippen LogP contribution in [0.25, 0.3) is 0 Å². The van der Waals surface area contributed by atoms with Gasteiger partial charge in [0.25, 0.3) is 0 Å². The first-order chi connectivity index (χ1) is 7.95. The third-order valence-corrected chi connectivity index (χ3v) is 8.45. The molecule has 0 radical (unpaired) electrons. The first kappa shape index (κ1) is 8.16. The molecule has 0 N–H and O–H groups in total.